The van der Waals surface area contributed by atoms with Crippen molar-refractivity contribution in [3.63, 3.8) is 0 Å². The first kappa shape index (κ1) is 14.8. The van der Waals surface area contributed by atoms with E-state index in [1.807, 2.05) is 53.6 Å². The van der Waals surface area contributed by atoms with Crippen LogP contribution in [0.15, 0.2) is 54.2 Å². The molecule has 2 aromatic heterocycles. The average Bonchev–Trinajstić information content (AvgIpc) is 3.04. The van der Waals surface area contributed by atoms with Crippen molar-refractivity contribution in [2.75, 3.05) is 5.32 Å². The van der Waals surface area contributed by atoms with Crippen molar-refractivity contribution in [3.8, 4) is 0 Å². The zero-order valence-electron chi connectivity index (χ0n) is 13.1. The Bertz CT molecular complexity index is 877. The van der Waals surface area contributed by atoms with Crippen LogP contribution in [0.4, 0.5) is 5.69 Å². The summed E-state index contributed by atoms with van der Waals surface area (Å²) in [5.74, 6) is 0.00357. The van der Waals surface area contributed by atoms with Gasteiger partial charge in [-0.3, -0.25) is 9.78 Å². The highest BCUT2D eigenvalue weighted by molar-refractivity contribution is 7.09. The molecule has 1 aromatic carbocycles. The molecule has 0 fully saturated rings. The second-order valence-electron chi connectivity index (χ2n) is 5.68. The first-order valence-corrected chi connectivity index (χ1v) is 8.58. The highest BCUT2D eigenvalue weighted by atomic mass is 32.1. The topological polar surface area (TPSA) is 58.1 Å². The lowest BCUT2D eigenvalue weighted by Gasteiger charge is -2.37. The first-order chi connectivity index (χ1) is 11.7. The van der Waals surface area contributed by atoms with Crippen LogP contribution in [0.1, 0.15) is 32.8 Å². The Balaban J connectivity index is 1.75. The molecule has 3 heterocycles. The van der Waals surface area contributed by atoms with Crippen molar-refractivity contribution in [1.82, 2.24) is 14.9 Å². The van der Waals surface area contributed by atoms with Crippen molar-refractivity contribution in [2.24, 2.45) is 0 Å². The van der Waals surface area contributed by atoms with Crippen LogP contribution in [-0.2, 0) is 6.54 Å². The van der Waals surface area contributed by atoms with Gasteiger partial charge in [-0.2, -0.15) is 0 Å². The summed E-state index contributed by atoms with van der Waals surface area (Å²) in [4.78, 5) is 23.6. The quantitative estimate of drug-likeness (QED) is 0.794. The van der Waals surface area contributed by atoms with E-state index in [1.54, 1.807) is 23.7 Å². The third-order valence-electron chi connectivity index (χ3n) is 4.01. The maximum Gasteiger partial charge on any atom is 0.258 e. The molecule has 0 aliphatic carbocycles. The van der Waals surface area contributed by atoms with Crippen LogP contribution < -0.4 is 5.32 Å². The number of aromatic nitrogens is 2. The number of hydrogen-bond acceptors (Lipinski definition) is 5. The van der Waals surface area contributed by atoms with Gasteiger partial charge in [0, 0.05) is 30.0 Å². The summed E-state index contributed by atoms with van der Waals surface area (Å²) in [5.41, 5.74) is 3.39. The predicted molar refractivity (Wildman–Crippen MR) is 93.8 cm³/mol. The zero-order chi connectivity index (χ0) is 16.5. The maximum absolute atomic E-state index is 13.1. The van der Waals surface area contributed by atoms with Crippen LogP contribution in [0, 0.1) is 6.92 Å². The highest BCUT2D eigenvalue weighted by Crippen LogP contribution is 2.34. The number of fused-ring (bicyclic) bond motifs is 1. The Morgan fingerprint density at radius 2 is 2.12 bits per heavy atom. The molecule has 120 valence electrons. The van der Waals surface area contributed by atoms with Crippen molar-refractivity contribution >= 4 is 22.9 Å². The summed E-state index contributed by atoms with van der Waals surface area (Å²) in [6.07, 6.45) is 3.24. The largest absolute Gasteiger partial charge is 0.359 e. The number of rotatable bonds is 3. The molecule has 1 aliphatic rings. The first-order valence-electron chi connectivity index (χ1n) is 7.70. The number of thiazole rings is 1. The number of anilines is 1. The van der Waals surface area contributed by atoms with Gasteiger partial charge in [0.2, 0.25) is 0 Å². The second kappa shape index (κ2) is 6.05. The van der Waals surface area contributed by atoms with Gasteiger partial charge in [-0.1, -0.05) is 18.2 Å². The fourth-order valence-electron chi connectivity index (χ4n) is 2.88. The minimum atomic E-state index is -0.280. The smallest absolute Gasteiger partial charge is 0.258 e. The number of nitrogens with one attached hydrogen (secondary N) is 1. The standard InChI is InChI=1S/C18H16N4OS/c1-12-20-16(11-24-12)17-21-15-7-3-2-6-14(15)18(23)22(17)10-13-5-4-8-19-9-13/h2-9,11,17,21H,10H2,1H3/t17-/m1/s1. The summed E-state index contributed by atoms with van der Waals surface area (Å²) in [6.45, 7) is 2.45. The average molecular weight is 336 g/mol. The number of benzene rings is 1. The molecule has 0 saturated carbocycles. The molecule has 1 atom stereocenters. The van der Waals surface area contributed by atoms with E-state index in [0.717, 1.165) is 22.0 Å². The molecule has 1 N–H and O–H groups in total. The zero-order valence-corrected chi connectivity index (χ0v) is 14.0. The normalized spacial score (nSPS) is 16.6. The Hall–Kier alpha value is -2.73. The molecule has 3 aromatic rings. The summed E-state index contributed by atoms with van der Waals surface area (Å²) in [7, 11) is 0. The Kier molecular flexibility index (Phi) is 3.74. The molecule has 6 heteroatoms. The van der Waals surface area contributed by atoms with Crippen LogP contribution >= 0.6 is 11.3 Å². The number of hydrogen-bond donors (Lipinski definition) is 1. The van der Waals surface area contributed by atoms with Gasteiger partial charge in [0.1, 0.15) is 6.17 Å². The van der Waals surface area contributed by atoms with E-state index in [4.69, 9.17) is 0 Å². The highest BCUT2D eigenvalue weighted by Gasteiger charge is 2.34. The molecule has 4 rings (SSSR count). The Morgan fingerprint density at radius 1 is 1.25 bits per heavy atom. The fourth-order valence-corrected chi connectivity index (χ4v) is 3.51. The number of carbonyl (C=O) groups excluding carboxylic acids is 1. The number of carbonyl (C=O) groups is 1. The van der Waals surface area contributed by atoms with Crippen molar-refractivity contribution in [3.05, 3.63) is 76.0 Å². The third kappa shape index (κ3) is 2.65. The summed E-state index contributed by atoms with van der Waals surface area (Å²) in [6, 6.07) is 11.5. The van der Waals surface area contributed by atoms with Crippen LogP contribution in [-0.4, -0.2) is 20.8 Å². The molecule has 0 saturated heterocycles. The number of amides is 1. The molecule has 0 radical (unpaired) electrons. The number of nitrogens with zero attached hydrogens (tertiary/aromatic N) is 3. The minimum Gasteiger partial charge on any atom is -0.359 e. The lowest BCUT2D eigenvalue weighted by molar-refractivity contribution is 0.0663. The second-order valence-corrected chi connectivity index (χ2v) is 6.74. The van der Waals surface area contributed by atoms with Crippen molar-refractivity contribution in [1.29, 1.82) is 0 Å². The fraction of sp³-hybridized carbons (Fsp3) is 0.167. The van der Waals surface area contributed by atoms with Crippen LogP contribution in [0.25, 0.3) is 0 Å². The van der Waals surface area contributed by atoms with Crippen LogP contribution in [0.2, 0.25) is 0 Å². The van der Waals surface area contributed by atoms with E-state index < -0.39 is 0 Å². The SMILES string of the molecule is Cc1nc([C@@H]2Nc3ccccc3C(=O)N2Cc2cccnc2)cs1. The van der Waals surface area contributed by atoms with Gasteiger partial charge < -0.3 is 10.2 Å². The Labute approximate surface area is 144 Å². The van der Waals surface area contributed by atoms with E-state index in [1.165, 1.54) is 0 Å². The molecule has 1 amide bonds. The monoisotopic (exact) mass is 336 g/mol. The van der Waals surface area contributed by atoms with Gasteiger partial charge in [-0.15, -0.1) is 11.3 Å². The van der Waals surface area contributed by atoms with Crippen LogP contribution in [0.5, 0.6) is 0 Å². The van der Waals surface area contributed by atoms with Gasteiger partial charge >= 0.3 is 0 Å². The molecule has 0 unspecified atom stereocenters. The van der Waals surface area contributed by atoms with Crippen LogP contribution in [0.3, 0.4) is 0 Å². The van der Waals surface area contributed by atoms with Crippen molar-refractivity contribution in [2.45, 2.75) is 19.6 Å². The maximum atomic E-state index is 13.1. The molecule has 0 spiro atoms. The van der Waals surface area contributed by atoms with Gasteiger partial charge in [-0.25, -0.2) is 4.98 Å². The van der Waals surface area contributed by atoms with E-state index in [-0.39, 0.29) is 12.1 Å². The lowest BCUT2D eigenvalue weighted by Crippen LogP contribution is -2.42. The third-order valence-corrected chi connectivity index (χ3v) is 4.81. The molecule has 1 aliphatic heterocycles. The van der Waals surface area contributed by atoms with E-state index in [2.05, 4.69) is 15.3 Å². The van der Waals surface area contributed by atoms with E-state index in [9.17, 15) is 4.79 Å². The molecular formula is C18H16N4OS. The molecule has 24 heavy (non-hydrogen) atoms. The minimum absolute atomic E-state index is 0.00357. The number of para-hydroxylation sites is 1. The summed E-state index contributed by atoms with van der Waals surface area (Å²) in [5, 5.41) is 6.45. The summed E-state index contributed by atoms with van der Waals surface area (Å²) < 4.78 is 0. The van der Waals surface area contributed by atoms with Crippen molar-refractivity contribution < 1.29 is 4.79 Å². The predicted octanol–water partition coefficient (Wildman–Crippen LogP) is 3.61. The number of pyridine rings is 1. The molecular weight excluding hydrogens is 320 g/mol. The molecule has 5 nitrogen and oxygen atoms in total. The lowest BCUT2D eigenvalue weighted by atomic mass is 10.1. The van der Waals surface area contributed by atoms with Gasteiger partial charge in [-0.05, 0) is 30.7 Å². The molecule has 0 bridgehead atoms. The Morgan fingerprint density at radius 3 is 2.88 bits per heavy atom. The van der Waals surface area contributed by atoms with E-state index >= 15 is 0 Å². The summed E-state index contributed by atoms with van der Waals surface area (Å²) >= 11 is 1.59. The van der Waals surface area contributed by atoms with E-state index in [0.29, 0.717) is 12.1 Å². The number of aryl methyl sites for hydroxylation is 1. The van der Waals surface area contributed by atoms with Gasteiger partial charge in [0.15, 0.2) is 0 Å². The van der Waals surface area contributed by atoms with Gasteiger partial charge in [0.25, 0.3) is 5.91 Å². The van der Waals surface area contributed by atoms with Gasteiger partial charge in [0.05, 0.1) is 16.3 Å².